The molecule has 1 fully saturated rings. The van der Waals surface area contributed by atoms with Crippen LogP contribution in [0.5, 0.6) is 5.75 Å². The quantitative estimate of drug-likeness (QED) is 0.777. The summed E-state index contributed by atoms with van der Waals surface area (Å²) in [5, 5.41) is 0. The number of amides is 1. The topological polar surface area (TPSA) is 38.8 Å². The van der Waals surface area contributed by atoms with Crippen LogP contribution in [-0.2, 0) is 9.53 Å². The minimum atomic E-state index is -4.72. The van der Waals surface area contributed by atoms with E-state index in [0.29, 0.717) is 18.5 Å². The van der Waals surface area contributed by atoms with E-state index in [4.69, 9.17) is 4.74 Å². The van der Waals surface area contributed by atoms with Gasteiger partial charge in [-0.1, -0.05) is 42.5 Å². The van der Waals surface area contributed by atoms with E-state index >= 15 is 0 Å². The summed E-state index contributed by atoms with van der Waals surface area (Å²) in [5.41, 5.74) is 1.75. The number of hydrogen-bond acceptors (Lipinski definition) is 3. The Bertz CT molecular complexity index is 762. The van der Waals surface area contributed by atoms with Gasteiger partial charge >= 0.3 is 6.36 Å². The molecule has 7 heteroatoms. The highest BCUT2D eigenvalue weighted by Crippen LogP contribution is 2.30. The lowest BCUT2D eigenvalue weighted by atomic mass is 10.0. The van der Waals surface area contributed by atoms with Crippen LogP contribution in [0, 0.1) is 0 Å². The Morgan fingerprint density at radius 2 is 1.78 bits per heavy atom. The van der Waals surface area contributed by atoms with Gasteiger partial charge in [0.15, 0.2) is 0 Å². The predicted octanol–water partition coefficient (Wildman–Crippen LogP) is 4.64. The molecule has 1 saturated heterocycles. The molecule has 0 unspecified atom stereocenters. The molecule has 0 N–H and O–H groups in total. The number of halogens is 3. The summed E-state index contributed by atoms with van der Waals surface area (Å²) in [6.07, 6.45) is -4.52. The second kappa shape index (κ2) is 8.00. The lowest BCUT2D eigenvalue weighted by molar-refractivity contribution is -0.274. The third-order valence-corrected chi connectivity index (χ3v) is 4.60. The van der Waals surface area contributed by atoms with Gasteiger partial charge < -0.3 is 14.4 Å². The molecule has 144 valence electrons. The molecule has 0 bridgehead atoms. The molecule has 1 aliphatic rings. The average molecular weight is 379 g/mol. The lowest BCUT2D eigenvalue weighted by Gasteiger charge is -2.28. The van der Waals surface area contributed by atoms with Crippen LogP contribution in [0.1, 0.15) is 36.6 Å². The Labute approximate surface area is 155 Å². The standard InChI is InChI=1S/C20H20F3NO3/c1-14(15-5-3-2-4-6-15)24-12-11-18(26-13-19(24)25)16-7-9-17(10-8-16)27-20(21,22)23/h2-10,14,18H,11-13H2,1H3/t14-,18-/m1/s1. The van der Waals surface area contributed by atoms with E-state index in [0.717, 1.165) is 5.56 Å². The average Bonchev–Trinajstić information content (AvgIpc) is 2.83. The fourth-order valence-corrected chi connectivity index (χ4v) is 3.19. The van der Waals surface area contributed by atoms with Gasteiger partial charge in [-0.15, -0.1) is 13.2 Å². The van der Waals surface area contributed by atoms with Crippen LogP contribution in [0.2, 0.25) is 0 Å². The molecule has 4 nitrogen and oxygen atoms in total. The first kappa shape index (κ1) is 19.2. The maximum atomic E-state index is 12.5. The molecule has 27 heavy (non-hydrogen) atoms. The number of nitrogens with zero attached hydrogens (tertiary/aromatic N) is 1. The molecule has 0 saturated carbocycles. The highest BCUT2D eigenvalue weighted by Gasteiger charge is 2.31. The summed E-state index contributed by atoms with van der Waals surface area (Å²) in [6.45, 7) is 2.40. The van der Waals surface area contributed by atoms with Gasteiger partial charge in [0.05, 0.1) is 12.1 Å². The molecule has 2 atom stereocenters. The molecule has 2 aromatic carbocycles. The summed E-state index contributed by atoms with van der Waals surface area (Å²) in [6, 6.07) is 15.2. The normalized spacial score (nSPS) is 19.5. The third kappa shape index (κ3) is 5.01. The highest BCUT2D eigenvalue weighted by atomic mass is 19.4. The summed E-state index contributed by atoms with van der Waals surface area (Å²) < 4.78 is 46.4. The number of benzene rings is 2. The van der Waals surface area contributed by atoms with Crippen molar-refractivity contribution >= 4 is 5.91 Å². The van der Waals surface area contributed by atoms with Crippen LogP contribution < -0.4 is 4.74 Å². The Hall–Kier alpha value is -2.54. The molecule has 3 rings (SSSR count). The minimum Gasteiger partial charge on any atom is -0.406 e. The maximum Gasteiger partial charge on any atom is 0.573 e. The smallest absolute Gasteiger partial charge is 0.406 e. The Kier molecular flexibility index (Phi) is 5.70. The van der Waals surface area contributed by atoms with Crippen molar-refractivity contribution in [2.24, 2.45) is 0 Å². The summed E-state index contributed by atoms with van der Waals surface area (Å²) in [4.78, 5) is 14.2. The second-order valence-electron chi connectivity index (χ2n) is 6.38. The van der Waals surface area contributed by atoms with E-state index in [1.54, 1.807) is 4.90 Å². The molecule has 2 aromatic rings. The molecule has 0 aliphatic carbocycles. The zero-order valence-electron chi connectivity index (χ0n) is 14.8. The van der Waals surface area contributed by atoms with Crippen molar-refractivity contribution in [1.82, 2.24) is 4.90 Å². The van der Waals surface area contributed by atoms with E-state index < -0.39 is 6.36 Å². The molecular weight excluding hydrogens is 359 g/mol. The van der Waals surface area contributed by atoms with Gasteiger partial charge in [-0.3, -0.25) is 4.79 Å². The molecule has 1 amide bonds. The fraction of sp³-hybridized carbons (Fsp3) is 0.350. The number of alkyl halides is 3. The molecular formula is C20H20F3NO3. The monoisotopic (exact) mass is 379 g/mol. The Balaban J connectivity index is 1.68. The van der Waals surface area contributed by atoms with Crippen molar-refractivity contribution < 1.29 is 27.4 Å². The van der Waals surface area contributed by atoms with Crippen molar-refractivity contribution in [3.63, 3.8) is 0 Å². The molecule has 1 heterocycles. The summed E-state index contributed by atoms with van der Waals surface area (Å²) in [7, 11) is 0. The van der Waals surface area contributed by atoms with Crippen LogP contribution in [0.4, 0.5) is 13.2 Å². The van der Waals surface area contributed by atoms with E-state index in [2.05, 4.69) is 4.74 Å². The van der Waals surface area contributed by atoms with Gasteiger partial charge in [-0.2, -0.15) is 0 Å². The van der Waals surface area contributed by atoms with Crippen LogP contribution in [-0.4, -0.2) is 30.3 Å². The SMILES string of the molecule is C[C@H](c1ccccc1)N1CC[C@H](c2ccc(OC(F)(F)F)cc2)OCC1=O. The van der Waals surface area contributed by atoms with Gasteiger partial charge in [0.25, 0.3) is 0 Å². The number of hydrogen-bond donors (Lipinski definition) is 0. The highest BCUT2D eigenvalue weighted by molar-refractivity contribution is 5.78. The zero-order chi connectivity index (χ0) is 19.4. The summed E-state index contributed by atoms with van der Waals surface area (Å²) in [5.74, 6) is -0.388. The molecule has 0 spiro atoms. The predicted molar refractivity (Wildman–Crippen MR) is 93.0 cm³/mol. The van der Waals surface area contributed by atoms with Crippen LogP contribution in [0.25, 0.3) is 0 Å². The van der Waals surface area contributed by atoms with E-state index in [1.165, 1.54) is 24.3 Å². The Morgan fingerprint density at radius 1 is 1.11 bits per heavy atom. The van der Waals surface area contributed by atoms with Gasteiger partial charge in [-0.05, 0) is 36.6 Å². The number of ether oxygens (including phenoxy) is 2. The number of rotatable bonds is 4. The number of carbonyl (C=O) groups is 1. The Morgan fingerprint density at radius 3 is 2.41 bits per heavy atom. The van der Waals surface area contributed by atoms with Crippen molar-refractivity contribution in [1.29, 1.82) is 0 Å². The van der Waals surface area contributed by atoms with Gasteiger partial charge in [0.2, 0.25) is 5.91 Å². The van der Waals surface area contributed by atoms with Crippen LogP contribution >= 0.6 is 0 Å². The van der Waals surface area contributed by atoms with Crippen molar-refractivity contribution in [2.75, 3.05) is 13.2 Å². The minimum absolute atomic E-state index is 0.0668. The van der Waals surface area contributed by atoms with Crippen LogP contribution in [0.15, 0.2) is 54.6 Å². The van der Waals surface area contributed by atoms with E-state index in [9.17, 15) is 18.0 Å². The molecule has 0 radical (unpaired) electrons. The van der Waals surface area contributed by atoms with Crippen molar-refractivity contribution in [3.8, 4) is 5.75 Å². The molecule has 0 aromatic heterocycles. The fourth-order valence-electron chi connectivity index (χ4n) is 3.19. The molecule has 1 aliphatic heterocycles. The van der Waals surface area contributed by atoms with E-state index in [1.807, 2.05) is 37.3 Å². The van der Waals surface area contributed by atoms with Gasteiger partial charge in [0.1, 0.15) is 12.4 Å². The third-order valence-electron chi connectivity index (χ3n) is 4.60. The first-order valence-electron chi connectivity index (χ1n) is 8.65. The van der Waals surface area contributed by atoms with Gasteiger partial charge in [0, 0.05) is 6.54 Å². The maximum absolute atomic E-state index is 12.5. The summed E-state index contributed by atoms with van der Waals surface area (Å²) >= 11 is 0. The second-order valence-corrected chi connectivity index (χ2v) is 6.38. The van der Waals surface area contributed by atoms with Gasteiger partial charge in [-0.25, -0.2) is 0 Å². The van der Waals surface area contributed by atoms with E-state index in [-0.39, 0.29) is 30.4 Å². The lowest BCUT2D eigenvalue weighted by Crippen LogP contribution is -2.34. The number of carbonyl (C=O) groups excluding carboxylic acids is 1. The zero-order valence-corrected chi connectivity index (χ0v) is 14.8. The van der Waals surface area contributed by atoms with Crippen molar-refractivity contribution in [2.45, 2.75) is 31.9 Å². The first-order chi connectivity index (χ1) is 12.8. The van der Waals surface area contributed by atoms with Crippen LogP contribution in [0.3, 0.4) is 0 Å². The first-order valence-corrected chi connectivity index (χ1v) is 8.65. The van der Waals surface area contributed by atoms with Crippen molar-refractivity contribution in [3.05, 3.63) is 65.7 Å². The largest absolute Gasteiger partial charge is 0.573 e.